The second kappa shape index (κ2) is 4.94. The van der Waals surface area contributed by atoms with Crippen molar-refractivity contribution in [1.29, 1.82) is 0 Å². The summed E-state index contributed by atoms with van der Waals surface area (Å²) in [5, 5.41) is 3.27. The zero-order valence-corrected chi connectivity index (χ0v) is 11.4. The number of hydrogen-bond acceptors (Lipinski definition) is 3. The molecule has 1 N–H and O–H groups in total. The van der Waals surface area contributed by atoms with E-state index in [9.17, 15) is 4.79 Å². The smallest absolute Gasteiger partial charge is 0.245 e. The van der Waals surface area contributed by atoms with Crippen LogP contribution in [0.1, 0.15) is 12.5 Å². The minimum absolute atomic E-state index is 0.00615. The molecule has 2 aliphatic heterocycles. The molecule has 2 aliphatic rings. The number of rotatable bonds is 1. The van der Waals surface area contributed by atoms with Crippen LogP contribution in [0.4, 0.5) is 5.69 Å². The van der Waals surface area contributed by atoms with Crippen molar-refractivity contribution in [3.8, 4) is 0 Å². The predicted molar refractivity (Wildman–Crippen MR) is 75.9 cm³/mol. The molecule has 0 bridgehead atoms. The van der Waals surface area contributed by atoms with Gasteiger partial charge in [0.2, 0.25) is 5.91 Å². The summed E-state index contributed by atoms with van der Waals surface area (Å²) in [5.41, 5.74) is 2.41. The van der Waals surface area contributed by atoms with E-state index in [2.05, 4.69) is 30.4 Å². The summed E-state index contributed by atoms with van der Waals surface area (Å²) in [6.07, 6.45) is 1.08. The zero-order chi connectivity index (χ0) is 12.5. The Morgan fingerprint density at radius 1 is 1.44 bits per heavy atom. The SMILES string of the molecule is CC1Cc2ccccc2N(C(=O)C2CSCN2)C1. The van der Waals surface area contributed by atoms with Crippen molar-refractivity contribution in [2.45, 2.75) is 19.4 Å². The van der Waals surface area contributed by atoms with Crippen LogP contribution < -0.4 is 10.2 Å². The Labute approximate surface area is 112 Å². The number of anilines is 1. The summed E-state index contributed by atoms with van der Waals surface area (Å²) in [7, 11) is 0. The lowest BCUT2D eigenvalue weighted by Crippen LogP contribution is -2.48. The second-order valence-electron chi connectivity index (χ2n) is 5.16. The normalized spacial score (nSPS) is 27.1. The Bertz CT molecular complexity index is 457. The zero-order valence-electron chi connectivity index (χ0n) is 10.6. The average molecular weight is 262 g/mol. The van der Waals surface area contributed by atoms with Gasteiger partial charge in [-0.3, -0.25) is 10.1 Å². The predicted octanol–water partition coefficient (Wildman–Crippen LogP) is 1.87. The van der Waals surface area contributed by atoms with E-state index in [0.29, 0.717) is 5.92 Å². The summed E-state index contributed by atoms with van der Waals surface area (Å²) in [6, 6.07) is 8.28. The molecule has 0 radical (unpaired) electrons. The molecule has 0 saturated carbocycles. The fourth-order valence-corrected chi connectivity index (χ4v) is 3.68. The lowest BCUT2D eigenvalue weighted by atomic mass is 9.93. The number of nitrogens with one attached hydrogen (secondary N) is 1. The molecule has 3 nitrogen and oxygen atoms in total. The highest BCUT2D eigenvalue weighted by atomic mass is 32.2. The van der Waals surface area contributed by atoms with E-state index in [1.54, 1.807) is 11.8 Å². The summed E-state index contributed by atoms with van der Waals surface area (Å²) in [4.78, 5) is 14.5. The number of hydrogen-bond donors (Lipinski definition) is 1. The third kappa shape index (κ3) is 2.15. The van der Waals surface area contributed by atoms with Crippen LogP contribution in [0.15, 0.2) is 24.3 Å². The molecule has 1 aromatic carbocycles. The van der Waals surface area contributed by atoms with Gasteiger partial charge in [0.25, 0.3) is 0 Å². The first kappa shape index (κ1) is 12.1. The molecule has 0 aliphatic carbocycles. The topological polar surface area (TPSA) is 32.3 Å². The molecule has 1 fully saturated rings. The van der Waals surface area contributed by atoms with Crippen LogP contribution in [0.25, 0.3) is 0 Å². The van der Waals surface area contributed by atoms with E-state index in [0.717, 1.165) is 30.3 Å². The van der Waals surface area contributed by atoms with E-state index in [4.69, 9.17) is 0 Å². The van der Waals surface area contributed by atoms with Gasteiger partial charge in [-0.15, -0.1) is 11.8 Å². The molecule has 1 amide bonds. The molecule has 0 aromatic heterocycles. The monoisotopic (exact) mass is 262 g/mol. The second-order valence-corrected chi connectivity index (χ2v) is 6.19. The van der Waals surface area contributed by atoms with Crippen LogP contribution in [0.5, 0.6) is 0 Å². The minimum atomic E-state index is -0.00615. The van der Waals surface area contributed by atoms with Crippen LogP contribution in [0.3, 0.4) is 0 Å². The Balaban J connectivity index is 1.89. The lowest BCUT2D eigenvalue weighted by Gasteiger charge is -2.34. The van der Waals surface area contributed by atoms with Gasteiger partial charge in [0.1, 0.15) is 0 Å². The third-order valence-electron chi connectivity index (χ3n) is 3.63. The molecule has 0 spiro atoms. The number of carbonyl (C=O) groups excluding carboxylic acids is 1. The number of nitrogens with zero attached hydrogens (tertiary/aromatic N) is 1. The Hall–Kier alpha value is -1.000. The van der Waals surface area contributed by atoms with Crippen molar-refractivity contribution in [1.82, 2.24) is 5.32 Å². The van der Waals surface area contributed by atoms with Crippen LogP contribution >= 0.6 is 11.8 Å². The van der Waals surface area contributed by atoms with Crippen LogP contribution in [0.2, 0.25) is 0 Å². The van der Waals surface area contributed by atoms with E-state index in [1.165, 1.54) is 5.56 Å². The first-order chi connectivity index (χ1) is 8.75. The van der Waals surface area contributed by atoms with E-state index < -0.39 is 0 Å². The van der Waals surface area contributed by atoms with Crippen molar-refractivity contribution in [3.63, 3.8) is 0 Å². The van der Waals surface area contributed by atoms with Crippen molar-refractivity contribution >= 4 is 23.4 Å². The number of para-hydroxylation sites is 1. The van der Waals surface area contributed by atoms with E-state index in [1.807, 2.05) is 11.0 Å². The van der Waals surface area contributed by atoms with Crippen molar-refractivity contribution in [2.75, 3.05) is 23.1 Å². The van der Waals surface area contributed by atoms with Crippen molar-refractivity contribution in [3.05, 3.63) is 29.8 Å². The highest BCUT2D eigenvalue weighted by molar-refractivity contribution is 7.99. The summed E-state index contributed by atoms with van der Waals surface area (Å²) < 4.78 is 0. The largest absolute Gasteiger partial charge is 0.310 e. The summed E-state index contributed by atoms with van der Waals surface area (Å²) >= 11 is 1.80. The van der Waals surface area contributed by atoms with Crippen molar-refractivity contribution < 1.29 is 4.79 Å². The maximum absolute atomic E-state index is 12.6. The standard InChI is InChI=1S/C14H18N2OS/c1-10-6-11-4-2-3-5-13(11)16(7-10)14(17)12-8-18-9-15-12/h2-5,10,12,15H,6-9H2,1H3. The van der Waals surface area contributed by atoms with Gasteiger partial charge >= 0.3 is 0 Å². The minimum Gasteiger partial charge on any atom is -0.310 e. The van der Waals surface area contributed by atoms with Crippen LogP contribution in [-0.2, 0) is 11.2 Å². The number of carbonyl (C=O) groups is 1. The first-order valence-electron chi connectivity index (χ1n) is 6.46. The van der Waals surface area contributed by atoms with Crippen LogP contribution in [-0.4, -0.2) is 30.1 Å². The highest BCUT2D eigenvalue weighted by Crippen LogP contribution is 2.30. The first-order valence-corrected chi connectivity index (χ1v) is 7.61. The number of fused-ring (bicyclic) bond motifs is 1. The molecule has 2 atom stereocenters. The fraction of sp³-hybridized carbons (Fsp3) is 0.500. The molecule has 4 heteroatoms. The maximum atomic E-state index is 12.6. The molecule has 1 aromatic rings. The number of benzene rings is 1. The molecule has 3 rings (SSSR count). The Kier molecular flexibility index (Phi) is 3.31. The van der Waals surface area contributed by atoms with Gasteiger partial charge in [0, 0.05) is 23.9 Å². The average Bonchev–Trinajstić information content (AvgIpc) is 2.90. The third-order valence-corrected chi connectivity index (χ3v) is 4.57. The van der Waals surface area contributed by atoms with E-state index in [-0.39, 0.29) is 11.9 Å². The number of amides is 1. The van der Waals surface area contributed by atoms with Crippen molar-refractivity contribution in [2.24, 2.45) is 5.92 Å². The molecule has 2 heterocycles. The maximum Gasteiger partial charge on any atom is 0.245 e. The molecular weight excluding hydrogens is 244 g/mol. The summed E-state index contributed by atoms with van der Waals surface area (Å²) in [5.74, 6) is 2.56. The van der Waals surface area contributed by atoms with Crippen LogP contribution in [0, 0.1) is 5.92 Å². The van der Waals surface area contributed by atoms with E-state index >= 15 is 0 Å². The fourth-order valence-electron chi connectivity index (χ4n) is 2.75. The quantitative estimate of drug-likeness (QED) is 0.838. The van der Waals surface area contributed by atoms with Gasteiger partial charge in [-0.05, 0) is 24.0 Å². The van der Waals surface area contributed by atoms with Gasteiger partial charge in [-0.25, -0.2) is 0 Å². The molecule has 18 heavy (non-hydrogen) atoms. The Morgan fingerprint density at radius 2 is 2.28 bits per heavy atom. The highest BCUT2D eigenvalue weighted by Gasteiger charge is 2.32. The molecule has 1 saturated heterocycles. The summed E-state index contributed by atoms with van der Waals surface area (Å²) in [6.45, 7) is 3.06. The molecule has 2 unspecified atom stereocenters. The van der Waals surface area contributed by atoms with Gasteiger partial charge in [0.15, 0.2) is 0 Å². The molecular formula is C14H18N2OS. The number of thioether (sulfide) groups is 1. The van der Waals surface area contributed by atoms with Gasteiger partial charge in [0.05, 0.1) is 6.04 Å². The molecule has 96 valence electrons. The van der Waals surface area contributed by atoms with Gasteiger partial charge in [-0.1, -0.05) is 25.1 Å². The van der Waals surface area contributed by atoms with Gasteiger partial charge < -0.3 is 4.90 Å². The lowest BCUT2D eigenvalue weighted by molar-refractivity contribution is -0.120. The Morgan fingerprint density at radius 3 is 3.06 bits per heavy atom. The van der Waals surface area contributed by atoms with Gasteiger partial charge in [-0.2, -0.15) is 0 Å².